The number of benzene rings is 2. The fraction of sp³-hybridized carbons (Fsp3) is 0.436. The van der Waals surface area contributed by atoms with Gasteiger partial charge in [-0.15, -0.1) is 0 Å². The van der Waals surface area contributed by atoms with Crippen LogP contribution in [0.5, 0.6) is 5.75 Å². The van der Waals surface area contributed by atoms with Crippen LogP contribution in [0.2, 0.25) is 0 Å². The molecule has 3 aliphatic rings. The molecule has 2 saturated heterocycles. The number of fused-ring (bicyclic) bond motifs is 1. The van der Waals surface area contributed by atoms with Gasteiger partial charge in [-0.3, -0.25) is 39.0 Å². The van der Waals surface area contributed by atoms with Crippen LogP contribution in [0.15, 0.2) is 47.1 Å². The first-order valence-corrected chi connectivity index (χ1v) is 22.0. The molecular formula is C39H46BrN9O11S. The number of anilines is 3. The molecule has 3 aliphatic heterocycles. The molecule has 0 radical (unpaired) electrons. The summed E-state index contributed by atoms with van der Waals surface area (Å²) >= 11 is 3.43. The molecule has 3 aromatic rings. The summed E-state index contributed by atoms with van der Waals surface area (Å²) in [5.74, 6) is -2.71. The van der Waals surface area contributed by atoms with Crippen molar-refractivity contribution in [3.8, 4) is 5.75 Å². The molecule has 1 atom stereocenters. The van der Waals surface area contributed by atoms with Gasteiger partial charge in [0.2, 0.25) is 33.7 Å². The van der Waals surface area contributed by atoms with Gasteiger partial charge in [-0.2, -0.15) is 4.98 Å². The number of amides is 6. The maximum Gasteiger partial charge on any atom is 0.266 e. The molecule has 6 N–H and O–H groups in total. The molecule has 0 aliphatic carbocycles. The number of imide groups is 2. The Morgan fingerprint density at radius 3 is 2.43 bits per heavy atom. The van der Waals surface area contributed by atoms with Crippen LogP contribution in [0.25, 0.3) is 0 Å². The summed E-state index contributed by atoms with van der Waals surface area (Å²) in [5.41, 5.74) is 7.32. The summed E-state index contributed by atoms with van der Waals surface area (Å²) in [4.78, 5) is 84.1. The van der Waals surface area contributed by atoms with Crippen molar-refractivity contribution >= 4 is 78.8 Å². The van der Waals surface area contributed by atoms with Crippen LogP contribution in [0, 0.1) is 6.92 Å². The first-order valence-electron chi connectivity index (χ1n) is 19.6. The van der Waals surface area contributed by atoms with E-state index >= 15 is 0 Å². The van der Waals surface area contributed by atoms with Gasteiger partial charge in [0.15, 0.2) is 0 Å². The van der Waals surface area contributed by atoms with E-state index in [9.17, 15) is 37.2 Å². The number of sulfonamides is 1. The second-order valence-corrected chi connectivity index (χ2v) is 17.3. The Morgan fingerprint density at radius 1 is 0.967 bits per heavy atom. The van der Waals surface area contributed by atoms with Crippen molar-refractivity contribution in [2.45, 2.75) is 51.1 Å². The number of nitrogens with zero attached hydrogens (tertiary/aromatic N) is 4. The zero-order valence-corrected chi connectivity index (χ0v) is 35.6. The number of carbonyl (C=O) groups excluding carboxylic acids is 6. The van der Waals surface area contributed by atoms with Gasteiger partial charge in [0.1, 0.15) is 24.2 Å². The van der Waals surface area contributed by atoms with Gasteiger partial charge in [0.05, 0.1) is 59.0 Å². The molecule has 61 heavy (non-hydrogen) atoms. The monoisotopic (exact) mass is 927 g/mol. The number of aryl methyl sites for hydroxylation is 1. The van der Waals surface area contributed by atoms with Crippen LogP contribution >= 0.6 is 15.9 Å². The van der Waals surface area contributed by atoms with Crippen molar-refractivity contribution in [1.29, 1.82) is 0 Å². The van der Waals surface area contributed by atoms with Gasteiger partial charge in [0, 0.05) is 44.7 Å². The van der Waals surface area contributed by atoms with Crippen LogP contribution < -0.4 is 31.7 Å². The number of piperidine rings is 2. The highest BCUT2D eigenvalue weighted by Crippen LogP contribution is 2.34. The second kappa shape index (κ2) is 20.3. The summed E-state index contributed by atoms with van der Waals surface area (Å²) in [5, 5.41) is 11.2. The molecule has 1 unspecified atom stereocenters. The molecule has 22 heteroatoms. The molecule has 0 spiro atoms. The third-order valence-corrected chi connectivity index (χ3v) is 12.6. The van der Waals surface area contributed by atoms with Gasteiger partial charge in [-0.1, -0.05) is 18.2 Å². The van der Waals surface area contributed by atoms with Crippen LogP contribution in [-0.4, -0.2) is 134 Å². The fourth-order valence-electron chi connectivity index (χ4n) is 7.05. The zero-order valence-electron chi connectivity index (χ0n) is 33.2. The predicted molar refractivity (Wildman–Crippen MR) is 223 cm³/mol. The molecule has 2 fully saturated rings. The summed E-state index contributed by atoms with van der Waals surface area (Å²) < 4.78 is 44.7. The van der Waals surface area contributed by atoms with Crippen LogP contribution in [-0.2, 0) is 33.9 Å². The van der Waals surface area contributed by atoms with Crippen molar-refractivity contribution in [3.63, 3.8) is 0 Å². The van der Waals surface area contributed by atoms with E-state index in [0.29, 0.717) is 40.3 Å². The average Bonchev–Trinajstić information content (AvgIpc) is 3.47. The molecule has 6 amide bonds. The largest absolute Gasteiger partial charge is 0.490 e. The number of halogens is 1. The number of hydrogen-bond acceptors (Lipinski definition) is 15. The Hall–Kier alpha value is -5.55. The smallest absolute Gasteiger partial charge is 0.266 e. The minimum atomic E-state index is -3.63. The topological polar surface area (TPSA) is 271 Å². The van der Waals surface area contributed by atoms with E-state index < -0.39 is 45.6 Å². The standard InChI is InChI=1S/C39H46BrN9O11S/c1-23-4-2-6-27(32(23)34(41)52)45-35-26(40)22-43-39(47-35)44-24-10-14-48(15-11-24)61(56,57)21-13-42-30(50)12-16-58-17-18-59-19-20-60-29-7-3-5-25-33(29)38(55)49(37(25)54)28-8-9-31(51)46-36(28)53/h2-7,22,24,28H,8-21H2,1H3,(H2,41,52)(H,42,50)(H,46,51,53)(H2,43,44,45,47). The molecular weight excluding hydrogens is 882 g/mol. The highest BCUT2D eigenvalue weighted by atomic mass is 79.9. The van der Waals surface area contributed by atoms with E-state index in [2.05, 4.69) is 47.2 Å². The van der Waals surface area contributed by atoms with Crippen molar-refractivity contribution in [1.82, 2.24) is 29.8 Å². The maximum atomic E-state index is 13.2. The maximum absolute atomic E-state index is 13.2. The van der Waals surface area contributed by atoms with E-state index in [1.807, 2.05) is 0 Å². The Morgan fingerprint density at radius 2 is 1.69 bits per heavy atom. The average molecular weight is 929 g/mol. The lowest BCUT2D eigenvalue weighted by Crippen LogP contribution is -2.54. The molecule has 0 bridgehead atoms. The predicted octanol–water partition coefficient (Wildman–Crippen LogP) is 1.62. The first kappa shape index (κ1) is 45.0. The SMILES string of the molecule is Cc1cccc(Nc2nc(NC3CCN(S(=O)(=O)CCNC(=O)CCOCCOCCOc4cccc5c4C(=O)N(C4CCC(=O)NC4=O)C5=O)CC3)ncc2Br)c1C(N)=O. The van der Waals surface area contributed by atoms with Gasteiger partial charge >= 0.3 is 0 Å². The Kier molecular flexibility index (Phi) is 15.0. The minimum Gasteiger partial charge on any atom is -0.490 e. The molecule has 326 valence electrons. The molecule has 1 aromatic heterocycles. The van der Waals surface area contributed by atoms with Crippen LogP contribution in [0.1, 0.15) is 68.7 Å². The highest BCUT2D eigenvalue weighted by molar-refractivity contribution is 9.10. The van der Waals surface area contributed by atoms with E-state index in [-0.39, 0.29) is 107 Å². The van der Waals surface area contributed by atoms with E-state index in [0.717, 1.165) is 10.5 Å². The van der Waals surface area contributed by atoms with E-state index in [1.54, 1.807) is 37.4 Å². The van der Waals surface area contributed by atoms with Crippen LogP contribution in [0.4, 0.5) is 17.5 Å². The number of primary amides is 1. The zero-order chi connectivity index (χ0) is 43.7. The lowest BCUT2D eigenvalue weighted by Gasteiger charge is -2.31. The van der Waals surface area contributed by atoms with E-state index in [4.69, 9.17) is 19.9 Å². The molecule has 20 nitrogen and oxygen atoms in total. The van der Waals surface area contributed by atoms with Crippen molar-refractivity contribution in [2.75, 3.05) is 69.1 Å². The van der Waals surface area contributed by atoms with Crippen molar-refractivity contribution < 1.29 is 51.4 Å². The number of ether oxygens (including phenoxy) is 3. The molecule has 2 aromatic carbocycles. The Balaban J connectivity index is 0.825. The van der Waals surface area contributed by atoms with Gasteiger partial charge < -0.3 is 35.9 Å². The van der Waals surface area contributed by atoms with Gasteiger partial charge in [-0.05, 0) is 65.9 Å². The number of nitrogens with two attached hydrogens (primary N) is 1. The number of hydrogen-bond donors (Lipinski definition) is 5. The quantitative estimate of drug-likeness (QED) is 0.0796. The summed E-state index contributed by atoms with van der Waals surface area (Å²) in [6.07, 6.45) is 2.68. The third kappa shape index (κ3) is 11.2. The third-order valence-electron chi connectivity index (χ3n) is 10.1. The molecule has 6 rings (SSSR count). The number of nitrogens with one attached hydrogen (secondary N) is 4. The Labute approximate surface area is 359 Å². The van der Waals surface area contributed by atoms with Crippen LogP contribution in [0.3, 0.4) is 0 Å². The van der Waals surface area contributed by atoms with Crippen molar-refractivity contribution in [2.24, 2.45) is 5.73 Å². The number of carbonyl (C=O) groups is 6. The highest BCUT2D eigenvalue weighted by Gasteiger charge is 2.46. The second-order valence-electron chi connectivity index (χ2n) is 14.3. The van der Waals surface area contributed by atoms with E-state index in [1.165, 1.54) is 16.4 Å². The lowest BCUT2D eigenvalue weighted by molar-refractivity contribution is -0.136. The Bertz CT molecular complexity index is 2290. The fourth-order valence-corrected chi connectivity index (χ4v) is 8.73. The van der Waals surface area contributed by atoms with Gasteiger partial charge in [-0.25, -0.2) is 17.7 Å². The number of rotatable bonds is 20. The van der Waals surface area contributed by atoms with Crippen molar-refractivity contribution in [3.05, 3.63) is 69.3 Å². The van der Waals surface area contributed by atoms with Gasteiger partial charge in [0.25, 0.3) is 17.7 Å². The number of aromatic nitrogens is 2. The summed E-state index contributed by atoms with van der Waals surface area (Å²) in [6.45, 7) is 2.93. The molecule has 0 saturated carbocycles. The normalized spacial score (nSPS) is 17.2. The first-order chi connectivity index (χ1) is 29.2. The molecule has 4 heterocycles. The lowest BCUT2D eigenvalue weighted by atomic mass is 10.0. The summed E-state index contributed by atoms with van der Waals surface area (Å²) in [7, 11) is -3.63. The minimum absolute atomic E-state index is 0.0165. The summed E-state index contributed by atoms with van der Waals surface area (Å²) in [6, 6.07) is 8.73.